The maximum atomic E-state index is 4.47. The molecule has 17 heavy (non-hydrogen) atoms. The molecule has 0 radical (unpaired) electrons. The molecule has 1 unspecified atom stereocenters. The Morgan fingerprint density at radius 2 is 2.24 bits per heavy atom. The third-order valence-corrected chi connectivity index (χ3v) is 3.32. The van der Waals surface area contributed by atoms with E-state index in [1.165, 1.54) is 18.4 Å². The SMILES string of the molecule is CC(C)(C)c1ccc(NCC2CCCN2)nc1. The quantitative estimate of drug-likeness (QED) is 0.842. The van der Waals surface area contributed by atoms with Crippen LogP contribution in [0.15, 0.2) is 18.3 Å². The van der Waals surface area contributed by atoms with Gasteiger partial charge < -0.3 is 10.6 Å². The molecule has 1 aromatic rings. The minimum absolute atomic E-state index is 0.179. The summed E-state index contributed by atoms with van der Waals surface area (Å²) in [6.07, 6.45) is 4.54. The molecule has 1 aliphatic rings. The summed E-state index contributed by atoms with van der Waals surface area (Å²) in [6.45, 7) is 8.75. The molecule has 0 aliphatic carbocycles. The first-order valence-electron chi connectivity index (χ1n) is 6.49. The highest BCUT2D eigenvalue weighted by Crippen LogP contribution is 2.21. The van der Waals surface area contributed by atoms with Crippen LogP contribution in [0.3, 0.4) is 0 Å². The van der Waals surface area contributed by atoms with Crippen molar-refractivity contribution in [2.45, 2.75) is 45.1 Å². The molecular formula is C14H23N3. The van der Waals surface area contributed by atoms with Crippen LogP contribution in [-0.2, 0) is 5.41 Å². The van der Waals surface area contributed by atoms with Gasteiger partial charge in [-0.15, -0.1) is 0 Å². The van der Waals surface area contributed by atoms with Crippen LogP contribution in [0.5, 0.6) is 0 Å². The highest BCUT2D eigenvalue weighted by molar-refractivity contribution is 5.37. The Morgan fingerprint density at radius 1 is 1.41 bits per heavy atom. The lowest BCUT2D eigenvalue weighted by Crippen LogP contribution is -2.29. The van der Waals surface area contributed by atoms with Crippen LogP contribution in [0, 0.1) is 0 Å². The molecule has 0 bridgehead atoms. The van der Waals surface area contributed by atoms with Gasteiger partial charge in [-0.05, 0) is 36.4 Å². The maximum Gasteiger partial charge on any atom is 0.125 e. The van der Waals surface area contributed by atoms with E-state index in [0.29, 0.717) is 6.04 Å². The lowest BCUT2D eigenvalue weighted by atomic mass is 9.88. The van der Waals surface area contributed by atoms with E-state index in [9.17, 15) is 0 Å². The van der Waals surface area contributed by atoms with Crippen LogP contribution in [0.4, 0.5) is 5.82 Å². The number of rotatable bonds is 3. The van der Waals surface area contributed by atoms with Gasteiger partial charge in [-0.25, -0.2) is 4.98 Å². The molecule has 0 saturated carbocycles. The zero-order valence-electron chi connectivity index (χ0n) is 11.1. The van der Waals surface area contributed by atoms with Crippen molar-refractivity contribution in [3.63, 3.8) is 0 Å². The molecule has 2 rings (SSSR count). The van der Waals surface area contributed by atoms with Crippen molar-refractivity contribution in [3.05, 3.63) is 23.9 Å². The Balaban J connectivity index is 1.89. The van der Waals surface area contributed by atoms with Crippen molar-refractivity contribution in [1.82, 2.24) is 10.3 Å². The topological polar surface area (TPSA) is 37.0 Å². The smallest absolute Gasteiger partial charge is 0.125 e. The standard InChI is InChI=1S/C14H23N3/c1-14(2,3)11-6-7-13(16-9-11)17-10-12-5-4-8-15-12/h6-7,9,12,15H,4-5,8,10H2,1-3H3,(H,16,17). The molecule has 1 atom stereocenters. The molecule has 1 aliphatic heterocycles. The number of aromatic nitrogens is 1. The lowest BCUT2D eigenvalue weighted by molar-refractivity contribution is 0.587. The Labute approximate surface area is 104 Å². The van der Waals surface area contributed by atoms with Crippen LogP contribution in [0.1, 0.15) is 39.2 Å². The van der Waals surface area contributed by atoms with Crippen molar-refractivity contribution >= 4 is 5.82 Å². The first kappa shape index (κ1) is 12.4. The molecule has 0 spiro atoms. The lowest BCUT2D eigenvalue weighted by Gasteiger charge is -2.19. The van der Waals surface area contributed by atoms with Crippen molar-refractivity contribution in [2.24, 2.45) is 0 Å². The van der Waals surface area contributed by atoms with Gasteiger partial charge in [0.15, 0.2) is 0 Å². The van der Waals surface area contributed by atoms with Gasteiger partial charge >= 0.3 is 0 Å². The van der Waals surface area contributed by atoms with E-state index in [-0.39, 0.29) is 5.41 Å². The summed E-state index contributed by atoms with van der Waals surface area (Å²) in [7, 11) is 0. The van der Waals surface area contributed by atoms with E-state index in [1.54, 1.807) is 0 Å². The van der Waals surface area contributed by atoms with Gasteiger partial charge in [-0.3, -0.25) is 0 Å². The second-order valence-electron chi connectivity index (χ2n) is 5.86. The van der Waals surface area contributed by atoms with E-state index in [4.69, 9.17) is 0 Å². The Bertz CT molecular complexity index is 345. The first-order chi connectivity index (χ1) is 8.05. The second kappa shape index (κ2) is 5.05. The molecule has 94 valence electrons. The summed E-state index contributed by atoms with van der Waals surface area (Å²) in [5, 5.41) is 6.86. The first-order valence-corrected chi connectivity index (χ1v) is 6.49. The van der Waals surface area contributed by atoms with Crippen LogP contribution in [0.2, 0.25) is 0 Å². The van der Waals surface area contributed by atoms with E-state index >= 15 is 0 Å². The third-order valence-electron chi connectivity index (χ3n) is 3.32. The van der Waals surface area contributed by atoms with Gasteiger partial charge in [-0.1, -0.05) is 26.8 Å². The van der Waals surface area contributed by atoms with Crippen molar-refractivity contribution in [2.75, 3.05) is 18.4 Å². The zero-order chi connectivity index (χ0) is 12.3. The fraction of sp³-hybridized carbons (Fsp3) is 0.643. The van der Waals surface area contributed by atoms with Crippen molar-refractivity contribution in [3.8, 4) is 0 Å². The van der Waals surface area contributed by atoms with Crippen LogP contribution in [0.25, 0.3) is 0 Å². The Morgan fingerprint density at radius 3 is 2.76 bits per heavy atom. The van der Waals surface area contributed by atoms with Crippen molar-refractivity contribution in [1.29, 1.82) is 0 Å². The molecule has 0 amide bonds. The summed E-state index contributed by atoms with van der Waals surface area (Å²) in [5.74, 6) is 0.978. The van der Waals surface area contributed by atoms with Gasteiger partial charge in [0.05, 0.1) is 0 Å². The zero-order valence-corrected chi connectivity index (χ0v) is 11.1. The average molecular weight is 233 g/mol. The molecule has 1 fully saturated rings. The van der Waals surface area contributed by atoms with Gasteiger partial charge in [0.25, 0.3) is 0 Å². The molecule has 1 aromatic heterocycles. The van der Waals surface area contributed by atoms with Gasteiger partial charge in [-0.2, -0.15) is 0 Å². The normalized spacial score (nSPS) is 20.5. The molecule has 2 heterocycles. The Kier molecular flexibility index (Phi) is 3.67. The molecular weight excluding hydrogens is 210 g/mol. The number of nitrogens with zero attached hydrogens (tertiary/aromatic N) is 1. The van der Waals surface area contributed by atoms with Gasteiger partial charge in [0.1, 0.15) is 5.82 Å². The number of pyridine rings is 1. The Hall–Kier alpha value is -1.09. The van der Waals surface area contributed by atoms with E-state index < -0.39 is 0 Å². The predicted molar refractivity (Wildman–Crippen MR) is 72.5 cm³/mol. The molecule has 3 heteroatoms. The second-order valence-corrected chi connectivity index (χ2v) is 5.86. The van der Waals surface area contributed by atoms with E-state index in [2.05, 4.69) is 48.5 Å². The molecule has 0 aromatic carbocycles. The minimum Gasteiger partial charge on any atom is -0.369 e. The summed E-state index contributed by atoms with van der Waals surface area (Å²) in [4.78, 5) is 4.47. The van der Waals surface area contributed by atoms with Crippen LogP contribution in [-0.4, -0.2) is 24.1 Å². The number of hydrogen-bond acceptors (Lipinski definition) is 3. The van der Waals surface area contributed by atoms with Crippen molar-refractivity contribution < 1.29 is 0 Å². The van der Waals surface area contributed by atoms with Gasteiger partial charge in [0, 0.05) is 18.8 Å². The monoisotopic (exact) mass is 233 g/mol. The average Bonchev–Trinajstić information content (AvgIpc) is 2.78. The fourth-order valence-corrected chi connectivity index (χ4v) is 2.10. The maximum absolute atomic E-state index is 4.47. The van der Waals surface area contributed by atoms with Gasteiger partial charge in [0.2, 0.25) is 0 Å². The highest BCUT2D eigenvalue weighted by atomic mass is 15.0. The summed E-state index contributed by atoms with van der Waals surface area (Å²) in [5.41, 5.74) is 1.46. The fourth-order valence-electron chi connectivity index (χ4n) is 2.10. The van der Waals surface area contributed by atoms with Crippen LogP contribution < -0.4 is 10.6 Å². The largest absolute Gasteiger partial charge is 0.369 e. The number of hydrogen-bond donors (Lipinski definition) is 2. The highest BCUT2D eigenvalue weighted by Gasteiger charge is 2.15. The molecule has 3 nitrogen and oxygen atoms in total. The van der Waals surface area contributed by atoms with E-state index in [0.717, 1.165) is 18.9 Å². The number of nitrogens with one attached hydrogen (secondary N) is 2. The summed E-state index contributed by atoms with van der Waals surface area (Å²) >= 11 is 0. The molecule has 1 saturated heterocycles. The number of anilines is 1. The van der Waals surface area contributed by atoms with Crippen LogP contribution >= 0.6 is 0 Å². The summed E-state index contributed by atoms with van der Waals surface area (Å²) in [6, 6.07) is 4.85. The third kappa shape index (κ3) is 3.43. The summed E-state index contributed by atoms with van der Waals surface area (Å²) < 4.78 is 0. The predicted octanol–water partition coefficient (Wildman–Crippen LogP) is 2.54. The molecule has 2 N–H and O–H groups in total. The van der Waals surface area contributed by atoms with E-state index in [1.807, 2.05) is 6.20 Å². The minimum atomic E-state index is 0.179.